The number of hydrogen-bond acceptors (Lipinski definition) is 5. The van der Waals surface area contributed by atoms with Gasteiger partial charge in [0.05, 0.1) is 5.71 Å². The second-order valence-electron chi connectivity index (χ2n) is 6.62. The number of oxime groups is 1. The normalized spacial score (nSPS) is 23.8. The fourth-order valence-electron chi connectivity index (χ4n) is 4.05. The van der Waals surface area contributed by atoms with Crippen LogP contribution in [0, 0.1) is 6.07 Å². The molecule has 0 aromatic heterocycles. The molecule has 0 saturated carbocycles. The Bertz CT molecular complexity index is 723. The van der Waals surface area contributed by atoms with Crippen LogP contribution in [0.5, 0.6) is 5.75 Å². The maximum Gasteiger partial charge on any atom is 0.308 e. The first-order valence-electron chi connectivity index (χ1n) is 8.81. The van der Waals surface area contributed by atoms with Gasteiger partial charge in [-0.1, -0.05) is 18.1 Å². The minimum Gasteiger partial charge on any atom is -0.426 e. The van der Waals surface area contributed by atoms with Crippen molar-refractivity contribution in [1.82, 2.24) is 4.90 Å². The van der Waals surface area contributed by atoms with Crippen molar-refractivity contribution in [3.63, 3.8) is 0 Å². The molecule has 1 aromatic carbocycles. The molecule has 2 atom stereocenters. The first kappa shape index (κ1) is 17.7. The van der Waals surface area contributed by atoms with Crippen LogP contribution >= 0.6 is 0 Å². The Labute approximate surface area is 149 Å². The van der Waals surface area contributed by atoms with Crippen molar-refractivity contribution in [3.8, 4) is 5.75 Å². The number of fused-ring (bicyclic) bond motifs is 2. The highest BCUT2D eigenvalue weighted by Crippen LogP contribution is 2.43. The van der Waals surface area contributed by atoms with Gasteiger partial charge in [-0.05, 0) is 61.6 Å². The van der Waals surface area contributed by atoms with Gasteiger partial charge in [0.25, 0.3) is 0 Å². The first-order valence-corrected chi connectivity index (χ1v) is 8.81. The maximum atomic E-state index is 11.3. The fraction of sp³-hybridized carbons (Fsp3) is 0.500. The summed E-state index contributed by atoms with van der Waals surface area (Å²) in [6.45, 7) is 3.51. The van der Waals surface area contributed by atoms with Gasteiger partial charge in [0.1, 0.15) is 12.9 Å². The summed E-state index contributed by atoms with van der Waals surface area (Å²) in [4.78, 5) is 18.8. The summed E-state index contributed by atoms with van der Waals surface area (Å²) in [5.74, 6) is 0.131. The highest BCUT2D eigenvalue weighted by molar-refractivity contribution is 6.07. The number of rotatable bonds is 5. The van der Waals surface area contributed by atoms with Crippen molar-refractivity contribution in [2.24, 2.45) is 5.16 Å². The van der Waals surface area contributed by atoms with Crippen LogP contribution in [0.15, 0.2) is 28.9 Å². The lowest BCUT2D eigenvalue weighted by Crippen LogP contribution is -2.40. The van der Waals surface area contributed by atoms with Gasteiger partial charge in [0, 0.05) is 25.1 Å². The number of likely N-dealkylation sites (N-methyl/N-ethyl adjacent to an activating group) is 1. The van der Waals surface area contributed by atoms with E-state index >= 15 is 0 Å². The molecule has 2 heterocycles. The molecule has 2 bridgehead atoms. The predicted molar refractivity (Wildman–Crippen MR) is 97.4 cm³/mol. The molecule has 0 amide bonds. The Morgan fingerprint density at radius 2 is 2.24 bits per heavy atom. The molecule has 25 heavy (non-hydrogen) atoms. The minimum absolute atomic E-state index is 0.332. The molecule has 2 unspecified atom stereocenters. The van der Waals surface area contributed by atoms with E-state index < -0.39 is 0 Å². The van der Waals surface area contributed by atoms with Gasteiger partial charge in [0.2, 0.25) is 0 Å². The summed E-state index contributed by atoms with van der Waals surface area (Å²) < 4.78 is 5.22. The second-order valence-corrected chi connectivity index (χ2v) is 6.62. The summed E-state index contributed by atoms with van der Waals surface area (Å²) in [5.41, 5.74) is 4.62. The number of hydrogen-bond donors (Lipinski definition) is 0. The number of esters is 1. The molecule has 2 aliphatic rings. The largest absolute Gasteiger partial charge is 0.426 e. The molecule has 1 aromatic rings. The molecule has 5 nitrogen and oxygen atoms in total. The minimum atomic E-state index is -0.332. The van der Waals surface area contributed by atoms with Crippen LogP contribution in [0.3, 0.4) is 0 Å². The van der Waals surface area contributed by atoms with Gasteiger partial charge >= 0.3 is 5.97 Å². The third-order valence-corrected chi connectivity index (χ3v) is 5.16. The lowest BCUT2D eigenvalue weighted by atomic mass is 9.85. The van der Waals surface area contributed by atoms with Gasteiger partial charge in [-0.25, -0.2) is 0 Å². The zero-order chi connectivity index (χ0) is 18.0. The molecule has 1 fully saturated rings. The Hall–Kier alpha value is -2.14. The molecule has 1 saturated heterocycles. The van der Waals surface area contributed by atoms with Crippen LogP contribution in [-0.2, 0) is 9.63 Å². The lowest BCUT2D eigenvalue weighted by Gasteiger charge is -2.35. The second kappa shape index (κ2) is 7.40. The summed E-state index contributed by atoms with van der Waals surface area (Å²) in [6.07, 6.45) is 4.11. The lowest BCUT2D eigenvalue weighted by molar-refractivity contribution is -0.131. The average Bonchev–Trinajstić information content (AvgIpc) is 2.82. The predicted octanol–water partition coefficient (Wildman–Crippen LogP) is 3.44. The van der Waals surface area contributed by atoms with Crippen LogP contribution in [0.2, 0.25) is 0 Å². The van der Waals surface area contributed by atoms with Crippen LogP contribution in [0.25, 0.3) is 5.57 Å². The summed E-state index contributed by atoms with van der Waals surface area (Å²) in [7, 11) is 3.79. The Balaban J connectivity index is 2.10. The zero-order valence-corrected chi connectivity index (χ0v) is 15.3. The number of ether oxygens (including phenoxy) is 1. The van der Waals surface area contributed by atoms with Crippen LogP contribution in [-0.4, -0.2) is 42.8 Å². The topological polar surface area (TPSA) is 51.1 Å². The Morgan fingerprint density at radius 1 is 1.44 bits per heavy atom. The van der Waals surface area contributed by atoms with E-state index in [1.54, 1.807) is 7.11 Å². The molecule has 2 aliphatic heterocycles. The Kier molecular flexibility index (Phi) is 5.23. The monoisotopic (exact) mass is 341 g/mol. The van der Waals surface area contributed by atoms with E-state index in [-0.39, 0.29) is 5.97 Å². The molecule has 0 spiro atoms. The molecule has 0 aliphatic carbocycles. The van der Waals surface area contributed by atoms with Crippen molar-refractivity contribution in [2.75, 3.05) is 14.2 Å². The van der Waals surface area contributed by atoms with Crippen molar-refractivity contribution in [3.05, 3.63) is 35.4 Å². The van der Waals surface area contributed by atoms with Crippen molar-refractivity contribution >= 4 is 17.3 Å². The number of nitrogens with zero attached hydrogens (tertiary/aromatic N) is 2. The molecule has 133 valence electrons. The highest BCUT2D eigenvalue weighted by Gasteiger charge is 2.40. The molecule has 5 heteroatoms. The summed E-state index contributed by atoms with van der Waals surface area (Å²) in [6, 6.07) is 9.65. The van der Waals surface area contributed by atoms with Crippen LogP contribution in [0.4, 0.5) is 0 Å². The highest BCUT2D eigenvalue weighted by atomic mass is 16.6. The third kappa shape index (κ3) is 3.47. The van der Waals surface area contributed by atoms with Crippen LogP contribution < -0.4 is 4.74 Å². The van der Waals surface area contributed by atoms with Gasteiger partial charge < -0.3 is 9.57 Å². The molecule has 1 radical (unpaired) electrons. The summed E-state index contributed by atoms with van der Waals surface area (Å²) >= 11 is 0. The van der Waals surface area contributed by atoms with Crippen molar-refractivity contribution in [2.45, 2.75) is 51.6 Å². The van der Waals surface area contributed by atoms with E-state index in [1.165, 1.54) is 24.5 Å². The van der Waals surface area contributed by atoms with E-state index in [9.17, 15) is 4.79 Å². The SMILES string of the molecule is CC/C(=N\OC)C1=C(c2cc[c]c(OC(C)=O)c2)CC2CCC1N2C. The van der Waals surface area contributed by atoms with E-state index in [0.29, 0.717) is 17.8 Å². The maximum absolute atomic E-state index is 11.3. The van der Waals surface area contributed by atoms with Crippen molar-refractivity contribution < 1.29 is 14.4 Å². The first-order chi connectivity index (χ1) is 12.0. The summed E-state index contributed by atoms with van der Waals surface area (Å²) in [5, 5.41) is 4.30. The smallest absolute Gasteiger partial charge is 0.308 e. The van der Waals surface area contributed by atoms with Crippen molar-refractivity contribution in [1.29, 1.82) is 0 Å². The average molecular weight is 341 g/mol. The zero-order valence-electron chi connectivity index (χ0n) is 15.3. The van der Waals surface area contributed by atoms with Gasteiger partial charge in [-0.2, -0.15) is 0 Å². The number of benzene rings is 1. The third-order valence-electron chi connectivity index (χ3n) is 5.16. The Morgan fingerprint density at radius 3 is 2.92 bits per heavy atom. The van der Waals surface area contributed by atoms with E-state index in [1.807, 2.05) is 18.2 Å². The van der Waals surface area contributed by atoms with Gasteiger partial charge in [0.15, 0.2) is 0 Å². The fourth-order valence-corrected chi connectivity index (χ4v) is 4.05. The number of carbonyl (C=O) groups excluding carboxylic acids is 1. The molecular weight excluding hydrogens is 316 g/mol. The molecule has 3 rings (SSSR count). The molecular formula is C20H25N2O3. The van der Waals surface area contributed by atoms with Gasteiger partial charge in [-0.15, -0.1) is 0 Å². The van der Waals surface area contributed by atoms with E-state index in [2.05, 4.69) is 30.1 Å². The number of carbonyl (C=O) groups is 1. The van der Waals surface area contributed by atoms with E-state index in [0.717, 1.165) is 30.5 Å². The van der Waals surface area contributed by atoms with E-state index in [4.69, 9.17) is 9.57 Å². The molecule has 0 N–H and O–H groups in total. The quantitative estimate of drug-likeness (QED) is 0.356. The van der Waals surface area contributed by atoms with Gasteiger partial charge in [-0.3, -0.25) is 9.69 Å². The standard InChI is InChI=1S/C20H25N2O3/c1-5-18(21-24-4)20-17(12-15-9-10-19(20)22(15)3)14-7-6-8-16(11-14)25-13(2)23/h6-7,11,15,19H,5,9-10,12H2,1-4H3/b21-18+. The van der Waals surface area contributed by atoms with Crippen LogP contribution in [0.1, 0.15) is 45.1 Å².